The third-order valence-electron chi connectivity index (χ3n) is 2.74. The van der Waals surface area contributed by atoms with Crippen LogP contribution >= 0.6 is 0 Å². The molecule has 5 heteroatoms. The van der Waals surface area contributed by atoms with Crippen LogP contribution in [0.2, 0.25) is 0 Å². The molecular weight excluding hydrogens is 202 g/mol. The lowest BCUT2D eigenvalue weighted by Gasteiger charge is -2.26. The minimum Gasteiger partial charge on any atom is -0.299 e. The van der Waals surface area contributed by atoms with Crippen LogP contribution < -0.4 is 5.32 Å². The molecule has 0 fully saturated rings. The predicted octanol–water partition coefficient (Wildman–Crippen LogP) is 3.14. The first-order valence-electron chi connectivity index (χ1n) is 5.91. The second-order valence-electron chi connectivity index (χ2n) is 3.89. The summed E-state index contributed by atoms with van der Waals surface area (Å²) in [7, 11) is 0. The molecule has 0 aliphatic heterocycles. The van der Waals surface area contributed by atoms with Crippen molar-refractivity contribution < 1.29 is 0 Å². The summed E-state index contributed by atoms with van der Waals surface area (Å²) < 4.78 is 0. The molecular formula is C11H21N5. The number of hydrogen-bond acceptors (Lipinski definition) is 3. The fourth-order valence-corrected chi connectivity index (χ4v) is 1.57. The largest absolute Gasteiger partial charge is 0.299 e. The molecule has 0 amide bonds. The molecule has 0 aromatic carbocycles. The SMILES string of the molecule is CCCCC(C#N)(CC)NCCCN=[N+]=[N-]. The fourth-order valence-electron chi connectivity index (χ4n) is 1.57. The van der Waals surface area contributed by atoms with E-state index in [1.165, 1.54) is 0 Å². The van der Waals surface area contributed by atoms with Gasteiger partial charge in [-0.15, -0.1) is 0 Å². The van der Waals surface area contributed by atoms with Crippen molar-refractivity contribution in [2.24, 2.45) is 5.11 Å². The van der Waals surface area contributed by atoms with Gasteiger partial charge in [0, 0.05) is 11.5 Å². The van der Waals surface area contributed by atoms with E-state index in [0.29, 0.717) is 6.54 Å². The minimum absolute atomic E-state index is 0.396. The quantitative estimate of drug-likeness (QED) is 0.282. The Bertz CT molecular complexity index is 264. The molecule has 0 bridgehead atoms. The Labute approximate surface area is 97.5 Å². The van der Waals surface area contributed by atoms with E-state index in [-0.39, 0.29) is 0 Å². The molecule has 0 aliphatic rings. The molecule has 1 atom stereocenters. The summed E-state index contributed by atoms with van der Waals surface area (Å²) in [5, 5.41) is 16.0. The Hall–Kier alpha value is -1.24. The van der Waals surface area contributed by atoms with Gasteiger partial charge in [-0.2, -0.15) is 5.26 Å². The summed E-state index contributed by atoms with van der Waals surface area (Å²) in [5.41, 5.74) is 7.72. The number of nitrogens with zero attached hydrogens (tertiary/aromatic N) is 4. The van der Waals surface area contributed by atoms with Crippen LogP contribution in [0, 0.1) is 11.3 Å². The van der Waals surface area contributed by atoms with Gasteiger partial charge in [-0.3, -0.25) is 5.32 Å². The summed E-state index contributed by atoms with van der Waals surface area (Å²) in [4.78, 5) is 2.69. The third-order valence-corrected chi connectivity index (χ3v) is 2.74. The van der Waals surface area contributed by atoms with Crippen LogP contribution in [0.3, 0.4) is 0 Å². The topological polar surface area (TPSA) is 84.6 Å². The number of hydrogen-bond donors (Lipinski definition) is 1. The van der Waals surface area contributed by atoms with E-state index in [1.54, 1.807) is 0 Å². The third kappa shape index (κ3) is 5.59. The number of nitrogens with one attached hydrogen (secondary N) is 1. The van der Waals surface area contributed by atoms with Gasteiger partial charge in [0.05, 0.1) is 6.07 Å². The first kappa shape index (κ1) is 14.8. The van der Waals surface area contributed by atoms with E-state index in [0.717, 1.165) is 38.6 Å². The zero-order chi connectivity index (χ0) is 12.3. The van der Waals surface area contributed by atoms with Gasteiger partial charge < -0.3 is 0 Å². The molecule has 0 aliphatic carbocycles. The molecule has 0 aromatic heterocycles. The predicted molar refractivity (Wildman–Crippen MR) is 64.8 cm³/mol. The molecule has 90 valence electrons. The lowest BCUT2D eigenvalue weighted by Crippen LogP contribution is -2.44. The average Bonchev–Trinajstić information content (AvgIpc) is 2.33. The van der Waals surface area contributed by atoms with Crippen molar-refractivity contribution in [3.8, 4) is 6.07 Å². The van der Waals surface area contributed by atoms with Crippen LogP contribution in [-0.4, -0.2) is 18.6 Å². The highest BCUT2D eigenvalue weighted by atomic mass is 15.1. The highest BCUT2D eigenvalue weighted by molar-refractivity contribution is 5.06. The molecule has 16 heavy (non-hydrogen) atoms. The van der Waals surface area contributed by atoms with E-state index in [4.69, 9.17) is 5.53 Å². The van der Waals surface area contributed by atoms with Gasteiger partial charge in [0.2, 0.25) is 0 Å². The maximum atomic E-state index is 9.21. The van der Waals surface area contributed by atoms with Gasteiger partial charge in [0.15, 0.2) is 0 Å². The van der Waals surface area contributed by atoms with Gasteiger partial charge in [0.1, 0.15) is 5.54 Å². The lowest BCUT2D eigenvalue weighted by molar-refractivity contribution is 0.361. The Kier molecular flexibility index (Phi) is 8.32. The van der Waals surface area contributed by atoms with Crippen molar-refractivity contribution >= 4 is 0 Å². The number of nitriles is 1. The Morgan fingerprint density at radius 1 is 1.44 bits per heavy atom. The van der Waals surface area contributed by atoms with E-state index in [2.05, 4.69) is 28.3 Å². The van der Waals surface area contributed by atoms with Gasteiger partial charge in [-0.25, -0.2) is 0 Å². The molecule has 0 radical (unpaired) electrons. The minimum atomic E-state index is -0.396. The van der Waals surface area contributed by atoms with Crippen LogP contribution in [0.1, 0.15) is 46.0 Å². The maximum absolute atomic E-state index is 9.21. The molecule has 0 spiro atoms. The first-order chi connectivity index (χ1) is 7.74. The monoisotopic (exact) mass is 223 g/mol. The number of unbranched alkanes of at least 4 members (excludes halogenated alkanes) is 1. The van der Waals surface area contributed by atoms with Crippen LogP contribution in [0.4, 0.5) is 0 Å². The maximum Gasteiger partial charge on any atom is 0.106 e. The molecule has 1 N–H and O–H groups in total. The molecule has 0 saturated heterocycles. The number of azide groups is 1. The van der Waals surface area contributed by atoms with Crippen molar-refractivity contribution in [3.05, 3.63) is 10.4 Å². The summed E-state index contributed by atoms with van der Waals surface area (Å²) in [6, 6.07) is 2.38. The van der Waals surface area contributed by atoms with Crippen LogP contribution in [-0.2, 0) is 0 Å². The van der Waals surface area contributed by atoms with Crippen molar-refractivity contribution in [1.29, 1.82) is 5.26 Å². The molecule has 0 saturated carbocycles. The van der Waals surface area contributed by atoms with E-state index < -0.39 is 5.54 Å². The van der Waals surface area contributed by atoms with Crippen molar-refractivity contribution in [2.45, 2.75) is 51.5 Å². The zero-order valence-corrected chi connectivity index (χ0v) is 10.2. The van der Waals surface area contributed by atoms with Crippen LogP contribution in [0.25, 0.3) is 10.4 Å². The van der Waals surface area contributed by atoms with Gasteiger partial charge in [-0.1, -0.05) is 31.8 Å². The summed E-state index contributed by atoms with van der Waals surface area (Å²) in [5.74, 6) is 0. The first-order valence-corrected chi connectivity index (χ1v) is 5.91. The Morgan fingerprint density at radius 3 is 2.69 bits per heavy atom. The summed E-state index contributed by atoms with van der Waals surface area (Å²) in [6.07, 6.45) is 4.64. The smallest absolute Gasteiger partial charge is 0.106 e. The normalized spacial score (nSPS) is 13.6. The second kappa shape index (κ2) is 9.02. The van der Waals surface area contributed by atoms with Crippen molar-refractivity contribution in [1.82, 2.24) is 5.32 Å². The van der Waals surface area contributed by atoms with Crippen LogP contribution in [0.15, 0.2) is 5.11 Å². The highest BCUT2D eigenvalue weighted by Crippen LogP contribution is 2.17. The van der Waals surface area contributed by atoms with E-state index in [9.17, 15) is 5.26 Å². The highest BCUT2D eigenvalue weighted by Gasteiger charge is 2.25. The van der Waals surface area contributed by atoms with E-state index in [1.807, 2.05) is 6.92 Å². The molecule has 0 rings (SSSR count). The molecule has 5 nitrogen and oxygen atoms in total. The van der Waals surface area contributed by atoms with Gasteiger partial charge >= 0.3 is 0 Å². The summed E-state index contributed by atoms with van der Waals surface area (Å²) in [6.45, 7) is 5.37. The van der Waals surface area contributed by atoms with Gasteiger partial charge in [-0.05, 0) is 31.3 Å². The second-order valence-corrected chi connectivity index (χ2v) is 3.89. The van der Waals surface area contributed by atoms with Crippen LogP contribution in [0.5, 0.6) is 0 Å². The Morgan fingerprint density at radius 2 is 2.19 bits per heavy atom. The van der Waals surface area contributed by atoms with Gasteiger partial charge in [0.25, 0.3) is 0 Å². The summed E-state index contributed by atoms with van der Waals surface area (Å²) >= 11 is 0. The molecule has 0 heterocycles. The number of rotatable bonds is 9. The Balaban J connectivity index is 4.01. The fraction of sp³-hybridized carbons (Fsp3) is 0.909. The molecule has 0 aromatic rings. The van der Waals surface area contributed by atoms with Crippen molar-refractivity contribution in [2.75, 3.05) is 13.1 Å². The zero-order valence-electron chi connectivity index (χ0n) is 10.2. The van der Waals surface area contributed by atoms with Crippen molar-refractivity contribution in [3.63, 3.8) is 0 Å². The van der Waals surface area contributed by atoms with E-state index >= 15 is 0 Å². The lowest BCUT2D eigenvalue weighted by atomic mass is 9.91. The average molecular weight is 223 g/mol. The standard InChI is InChI=1S/C11H21N5/c1-3-5-7-11(4-2,10-12)14-8-6-9-15-16-13/h14H,3-9H2,1-2H3. The molecule has 1 unspecified atom stereocenters.